The molecule has 2 amide bonds. The fourth-order valence-corrected chi connectivity index (χ4v) is 4.41. The van der Waals surface area contributed by atoms with Gasteiger partial charge in [-0.15, -0.1) is 0 Å². The Labute approximate surface area is 151 Å². The van der Waals surface area contributed by atoms with E-state index < -0.39 is 0 Å². The highest BCUT2D eigenvalue weighted by atomic mass is 16.2. The van der Waals surface area contributed by atoms with Gasteiger partial charge in [0, 0.05) is 26.6 Å². The second kappa shape index (κ2) is 8.03. The van der Waals surface area contributed by atoms with Crippen LogP contribution in [0.25, 0.3) is 0 Å². The quantitative estimate of drug-likeness (QED) is 0.786. The Kier molecular flexibility index (Phi) is 5.77. The number of hydrogen-bond donors (Lipinski definition) is 0. The smallest absolute Gasteiger partial charge is 0.224 e. The number of carbonyl (C=O) groups excluding carboxylic acids is 2. The lowest BCUT2D eigenvalue weighted by Crippen LogP contribution is -2.43. The summed E-state index contributed by atoms with van der Waals surface area (Å²) in [6.07, 6.45) is 8.49. The number of amides is 2. The Morgan fingerprint density at radius 2 is 1.80 bits per heavy atom. The molecule has 1 heterocycles. The molecule has 3 rings (SSSR count). The largest absolute Gasteiger partial charge is 0.343 e. The van der Waals surface area contributed by atoms with Crippen LogP contribution in [0.2, 0.25) is 0 Å². The molecule has 0 bridgehead atoms. The highest BCUT2D eigenvalue weighted by Crippen LogP contribution is 2.33. The summed E-state index contributed by atoms with van der Waals surface area (Å²) in [4.78, 5) is 28.9. The molecule has 0 saturated heterocycles. The maximum atomic E-state index is 13.0. The van der Waals surface area contributed by atoms with Crippen LogP contribution in [0, 0.1) is 0 Å². The first kappa shape index (κ1) is 18.0. The predicted octanol–water partition coefficient (Wildman–Crippen LogP) is 3.70. The Morgan fingerprint density at radius 3 is 2.48 bits per heavy atom. The molecule has 4 heteroatoms. The van der Waals surface area contributed by atoms with Gasteiger partial charge in [0.2, 0.25) is 11.8 Å². The van der Waals surface area contributed by atoms with E-state index in [0.29, 0.717) is 19.0 Å². The number of hydrogen-bond acceptors (Lipinski definition) is 2. The second-order valence-corrected chi connectivity index (χ2v) is 7.53. The van der Waals surface area contributed by atoms with E-state index >= 15 is 0 Å². The zero-order valence-corrected chi connectivity index (χ0v) is 15.5. The van der Waals surface area contributed by atoms with Crippen LogP contribution in [0.3, 0.4) is 0 Å². The van der Waals surface area contributed by atoms with Crippen molar-refractivity contribution in [3.8, 4) is 0 Å². The van der Waals surface area contributed by atoms with Crippen LogP contribution in [-0.2, 0) is 16.0 Å². The van der Waals surface area contributed by atoms with Gasteiger partial charge in [-0.3, -0.25) is 9.59 Å². The molecule has 0 N–H and O–H groups in total. The molecule has 1 atom stereocenters. The Balaban J connectivity index is 1.76. The molecule has 136 valence electrons. The first-order valence-electron chi connectivity index (χ1n) is 9.68. The normalized spacial score (nSPS) is 21.4. The van der Waals surface area contributed by atoms with Crippen molar-refractivity contribution < 1.29 is 9.59 Å². The van der Waals surface area contributed by atoms with E-state index in [1.54, 1.807) is 6.92 Å². The van der Waals surface area contributed by atoms with Gasteiger partial charge in [0.1, 0.15) is 0 Å². The average Bonchev–Trinajstić information content (AvgIpc) is 2.90. The number of benzene rings is 1. The Morgan fingerprint density at radius 1 is 1.12 bits per heavy atom. The van der Waals surface area contributed by atoms with Crippen molar-refractivity contribution in [1.29, 1.82) is 0 Å². The van der Waals surface area contributed by atoms with Crippen molar-refractivity contribution in [2.24, 2.45) is 0 Å². The zero-order valence-electron chi connectivity index (χ0n) is 15.5. The zero-order chi connectivity index (χ0) is 17.8. The number of nitrogens with zero attached hydrogens (tertiary/aromatic N) is 2. The molecular formula is C21H30N2O2. The van der Waals surface area contributed by atoms with Gasteiger partial charge in [-0.25, -0.2) is 0 Å². The maximum absolute atomic E-state index is 13.0. The summed E-state index contributed by atoms with van der Waals surface area (Å²) in [5.41, 5.74) is 2.42. The van der Waals surface area contributed by atoms with Crippen LogP contribution in [0.4, 0.5) is 0 Å². The average molecular weight is 342 g/mol. The summed E-state index contributed by atoms with van der Waals surface area (Å²) in [6, 6.07) is 8.49. The van der Waals surface area contributed by atoms with E-state index in [1.165, 1.54) is 31.2 Å². The number of fused-ring (bicyclic) bond motifs is 1. The van der Waals surface area contributed by atoms with E-state index in [1.807, 2.05) is 29.0 Å². The molecule has 25 heavy (non-hydrogen) atoms. The van der Waals surface area contributed by atoms with Gasteiger partial charge in [0.15, 0.2) is 0 Å². The minimum Gasteiger partial charge on any atom is -0.343 e. The van der Waals surface area contributed by atoms with Gasteiger partial charge in [-0.05, 0) is 30.4 Å². The number of carbonyl (C=O) groups is 2. The lowest BCUT2D eigenvalue weighted by molar-refractivity contribution is -0.137. The second-order valence-electron chi connectivity index (χ2n) is 7.53. The third-order valence-corrected chi connectivity index (χ3v) is 5.95. The van der Waals surface area contributed by atoms with E-state index in [0.717, 1.165) is 24.8 Å². The summed E-state index contributed by atoms with van der Waals surface area (Å²) in [6.45, 7) is 2.32. The summed E-state index contributed by atoms with van der Waals surface area (Å²) < 4.78 is 0. The lowest BCUT2D eigenvalue weighted by Gasteiger charge is -2.38. The van der Waals surface area contributed by atoms with Gasteiger partial charge in [0.05, 0.1) is 12.5 Å². The van der Waals surface area contributed by atoms with Crippen LogP contribution in [0.1, 0.15) is 69.0 Å². The van der Waals surface area contributed by atoms with Gasteiger partial charge in [-0.1, -0.05) is 49.9 Å². The Bertz CT molecular complexity index is 620. The fraction of sp³-hybridized carbons (Fsp3) is 0.619. The van der Waals surface area contributed by atoms with Crippen LogP contribution in [0.5, 0.6) is 0 Å². The van der Waals surface area contributed by atoms with E-state index in [-0.39, 0.29) is 17.9 Å². The van der Waals surface area contributed by atoms with Crippen molar-refractivity contribution in [3.05, 3.63) is 35.4 Å². The minimum absolute atomic E-state index is 0.0597. The predicted molar refractivity (Wildman–Crippen MR) is 99.2 cm³/mol. The third kappa shape index (κ3) is 4.05. The molecule has 1 aliphatic carbocycles. The van der Waals surface area contributed by atoms with Gasteiger partial charge in [-0.2, -0.15) is 0 Å². The molecular weight excluding hydrogens is 312 g/mol. The molecule has 1 aromatic carbocycles. The van der Waals surface area contributed by atoms with Crippen molar-refractivity contribution >= 4 is 11.8 Å². The molecule has 1 aromatic rings. The molecule has 4 nitrogen and oxygen atoms in total. The minimum atomic E-state index is -0.122. The summed E-state index contributed by atoms with van der Waals surface area (Å²) >= 11 is 0. The van der Waals surface area contributed by atoms with Crippen LogP contribution >= 0.6 is 0 Å². The van der Waals surface area contributed by atoms with Gasteiger partial charge in [0.25, 0.3) is 0 Å². The van der Waals surface area contributed by atoms with E-state index in [9.17, 15) is 9.59 Å². The van der Waals surface area contributed by atoms with E-state index in [2.05, 4.69) is 12.1 Å². The molecule has 2 aliphatic rings. The highest BCUT2D eigenvalue weighted by molar-refractivity contribution is 5.80. The first-order chi connectivity index (χ1) is 12.1. The standard InChI is InChI=1S/C21H30N2O2/c1-16(24)23-14-13-17-9-7-8-12-19(17)20(23)15-21(25)22(2)18-10-5-3-4-6-11-18/h7-9,12,18,20H,3-6,10-11,13-15H2,1-2H3. The van der Waals surface area contributed by atoms with Crippen molar-refractivity contribution in [3.63, 3.8) is 0 Å². The summed E-state index contributed by atoms with van der Waals surface area (Å²) in [7, 11) is 1.95. The lowest BCUT2D eigenvalue weighted by atomic mass is 9.90. The molecule has 0 aromatic heterocycles. The first-order valence-corrected chi connectivity index (χ1v) is 9.68. The number of rotatable bonds is 3. The SMILES string of the molecule is CC(=O)N1CCc2ccccc2C1CC(=O)N(C)C1CCCCCC1. The van der Waals surface area contributed by atoms with Crippen molar-refractivity contribution in [1.82, 2.24) is 9.80 Å². The molecule has 1 unspecified atom stereocenters. The molecule has 0 radical (unpaired) electrons. The molecule has 1 fully saturated rings. The van der Waals surface area contributed by atoms with E-state index in [4.69, 9.17) is 0 Å². The van der Waals surface area contributed by atoms with Gasteiger partial charge < -0.3 is 9.80 Å². The Hall–Kier alpha value is -1.84. The van der Waals surface area contributed by atoms with Gasteiger partial charge >= 0.3 is 0 Å². The van der Waals surface area contributed by atoms with Crippen molar-refractivity contribution in [2.45, 2.75) is 70.4 Å². The highest BCUT2D eigenvalue weighted by Gasteiger charge is 2.32. The van der Waals surface area contributed by atoms with Crippen LogP contribution in [0.15, 0.2) is 24.3 Å². The fourth-order valence-electron chi connectivity index (χ4n) is 4.41. The van der Waals surface area contributed by atoms with Crippen LogP contribution < -0.4 is 0 Å². The summed E-state index contributed by atoms with van der Waals surface area (Å²) in [5, 5.41) is 0. The topological polar surface area (TPSA) is 40.6 Å². The molecule has 0 spiro atoms. The molecule has 1 saturated carbocycles. The van der Waals surface area contributed by atoms with Crippen LogP contribution in [-0.4, -0.2) is 41.2 Å². The van der Waals surface area contributed by atoms with Crippen molar-refractivity contribution in [2.75, 3.05) is 13.6 Å². The summed E-state index contributed by atoms with van der Waals surface area (Å²) in [5.74, 6) is 0.226. The third-order valence-electron chi connectivity index (χ3n) is 5.95. The maximum Gasteiger partial charge on any atom is 0.224 e. The monoisotopic (exact) mass is 342 g/mol. The molecule has 1 aliphatic heterocycles.